The number of likely N-dealkylation sites (tertiary alicyclic amines) is 1. The lowest BCUT2D eigenvalue weighted by atomic mass is 9.97. The molecular formula is C12H15N2O. The first-order valence-corrected chi connectivity index (χ1v) is 5.39. The number of nitrogens with zero attached hydrogens (tertiary/aromatic N) is 2. The molecule has 79 valence electrons. The predicted molar refractivity (Wildman–Crippen MR) is 58.0 cm³/mol. The Hall–Kier alpha value is -1.38. The number of hydrogen-bond acceptors (Lipinski definition) is 2. The van der Waals surface area contributed by atoms with Crippen LogP contribution >= 0.6 is 0 Å². The summed E-state index contributed by atoms with van der Waals surface area (Å²) in [6.45, 7) is 2.85. The highest BCUT2D eigenvalue weighted by atomic mass is 16.1. The summed E-state index contributed by atoms with van der Waals surface area (Å²) in [5.41, 5.74) is 2.19. The van der Waals surface area contributed by atoms with Crippen LogP contribution in [0.5, 0.6) is 0 Å². The molecule has 2 rings (SSSR count). The van der Waals surface area contributed by atoms with Crippen molar-refractivity contribution in [3.63, 3.8) is 0 Å². The second-order valence-corrected chi connectivity index (χ2v) is 4.00. The molecule has 0 aromatic carbocycles. The lowest BCUT2D eigenvalue weighted by Gasteiger charge is -2.32. The third kappa shape index (κ3) is 2.01. The Balaban J connectivity index is 2.28. The van der Waals surface area contributed by atoms with Crippen molar-refractivity contribution in [2.24, 2.45) is 0 Å². The molecule has 0 saturated carbocycles. The fourth-order valence-electron chi connectivity index (χ4n) is 2.17. The smallest absolute Gasteiger partial charge is 0.312 e. The van der Waals surface area contributed by atoms with E-state index >= 15 is 0 Å². The number of pyridine rings is 1. The van der Waals surface area contributed by atoms with E-state index in [1.807, 2.05) is 25.5 Å². The van der Waals surface area contributed by atoms with E-state index < -0.39 is 0 Å². The zero-order chi connectivity index (χ0) is 10.7. The molecule has 0 aliphatic carbocycles. The monoisotopic (exact) mass is 203 g/mol. The second-order valence-electron chi connectivity index (χ2n) is 4.00. The minimum absolute atomic E-state index is 0.137. The summed E-state index contributed by atoms with van der Waals surface area (Å²) in [5.74, 6) is 0. The summed E-state index contributed by atoms with van der Waals surface area (Å²) >= 11 is 0. The first-order chi connectivity index (χ1) is 7.33. The molecule has 3 heteroatoms. The van der Waals surface area contributed by atoms with E-state index in [9.17, 15) is 4.79 Å². The minimum atomic E-state index is 0.137. The van der Waals surface area contributed by atoms with Crippen molar-refractivity contribution in [1.29, 1.82) is 0 Å². The molecule has 3 nitrogen and oxygen atoms in total. The summed E-state index contributed by atoms with van der Waals surface area (Å²) in [6, 6.07) is 4.11. The van der Waals surface area contributed by atoms with E-state index in [1.165, 1.54) is 6.42 Å². The first kappa shape index (κ1) is 10.1. The van der Waals surface area contributed by atoms with Crippen LogP contribution in [0.4, 0.5) is 0 Å². The lowest BCUT2D eigenvalue weighted by Crippen LogP contribution is -2.33. The number of carbonyl (C=O) groups excluding carboxylic acids is 1. The molecule has 1 amide bonds. The highest BCUT2D eigenvalue weighted by Crippen LogP contribution is 2.29. The van der Waals surface area contributed by atoms with Gasteiger partial charge in [-0.2, -0.15) is 0 Å². The molecule has 1 aromatic rings. The van der Waals surface area contributed by atoms with Crippen molar-refractivity contribution in [3.8, 4) is 0 Å². The van der Waals surface area contributed by atoms with Gasteiger partial charge in [0.05, 0.1) is 11.7 Å². The largest absolute Gasteiger partial charge is 0.326 e. The van der Waals surface area contributed by atoms with E-state index in [2.05, 4.69) is 4.98 Å². The third-order valence-corrected chi connectivity index (χ3v) is 2.99. The zero-order valence-corrected chi connectivity index (χ0v) is 8.94. The fourth-order valence-corrected chi connectivity index (χ4v) is 2.17. The summed E-state index contributed by atoms with van der Waals surface area (Å²) in [6.07, 6.45) is 7.07. The maximum absolute atomic E-state index is 10.8. The van der Waals surface area contributed by atoms with Gasteiger partial charge in [0.25, 0.3) is 0 Å². The summed E-state index contributed by atoms with van der Waals surface area (Å²) < 4.78 is 0. The quantitative estimate of drug-likeness (QED) is 0.736. The van der Waals surface area contributed by atoms with Crippen molar-refractivity contribution in [1.82, 2.24) is 9.88 Å². The van der Waals surface area contributed by atoms with Crippen LogP contribution in [-0.2, 0) is 4.79 Å². The van der Waals surface area contributed by atoms with Crippen LogP contribution < -0.4 is 0 Å². The maximum atomic E-state index is 10.8. The van der Waals surface area contributed by atoms with Gasteiger partial charge < -0.3 is 4.90 Å². The molecule has 1 saturated heterocycles. The van der Waals surface area contributed by atoms with Crippen LogP contribution in [0.3, 0.4) is 0 Å². The molecule has 0 spiro atoms. The van der Waals surface area contributed by atoms with Crippen LogP contribution in [-0.4, -0.2) is 22.8 Å². The van der Waals surface area contributed by atoms with Crippen LogP contribution in [0.2, 0.25) is 0 Å². The number of rotatable bonds is 2. The van der Waals surface area contributed by atoms with Gasteiger partial charge in [-0.05, 0) is 37.8 Å². The predicted octanol–water partition coefficient (Wildman–Crippen LogP) is 1.98. The molecule has 1 fully saturated rings. The SMILES string of the molecule is Cc1cccnc1C1CCCCN1[C]=O. The summed E-state index contributed by atoms with van der Waals surface area (Å²) in [4.78, 5) is 17.0. The number of amides is 1. The van der Waals surface area contributed by atoms with Crippen LogP contribution in [0, 0.1) is 6.92 Å². The summed E-state index contributed by atoms with van der Waals surface area (Å²) in [7, 11) is 0. The standard InChI is InChI=1S/C12H15N2O/c1-10-5-4-7-13-12(10)11-6-2-3-8-14(11)9-15/h4-5,7,11H,2-3,6,8H2,1H3. The Morgan fingerprint density at radius 3 is 3.13 bits per heavy atom. The van der Waals surface area contributed by atoms with E-state index in [-0.39, 0.29) is 6.04 Å². The van der Waals surface area contributed by atoms with Gasteiger partial charge in [0.1, 0.15) is 0 Å². The Morgan fingerprint density at radius 1 is 1.53 bits per heavy atom. The Morgan fingerprint density at radius 2 is 2.40 bits per heavy atom. The first-order valence-electron chi connectivity index (χ1n) is 5.39. The number of aryl methyl sites for hydroxylation is 1. The van der Waals surface area contributed by atoms with Crippen molar-refractivity contribution in [3.05, 3.63) is 29.6 Å². The normalized spacial score (nSPS) is 21.4. The number of hydrogen-bond donors (Lipinski definition) is 0. The molecule has 15 heavy (non-hydrogen) atoms. The maximum Gasteiger partial charge on any atom is 0.312 e. The van der Waals surface area contributed by atoms with Crippen LogP contribution in [0.15, 0.2) is 18.3 Å². The minimum Gasteiger partial charge on any atom is -0.326 e. The molecular weight excluding hydrogens is 188 g/mol. The van der Waals surface area contributed by atoms with E-state index in [0.717, 1.165) is 30.6 Å². The van der Waals surface area contributed by atoms with Gasteiger partial charge in [-0.3, -0.25) is 9.78 Å². The van der Waals surface area contributed by atoms with Crippen LogP contribution in [0.1, 0.15) is 36.6 Å². The van der Waals surface area contributed by atoms with Gasteiger partial charge >= 0.3 is 6.41 Å². The van der Waals surface area contributed by atoms with Gasteiger partial charge in [-0.15, -0.1) is 0 Å². The van der Waals surface area contributed by atoms with Gasteiger partial charge in [-0.1, -0.05) is 6.07 Å². The summed E-state index contributed by atoms with van der Waals surface area (Å²) in [5, 5.41) is 0. The van der Waals surface area contributed by atoms with Gasteiger partial charge in [0, 0.05) is 12.7 Å². The molecule has 1 radical (unpaired) electrons. The average molecular weight is 203 g/mol. The number of piperidine rings is 1. The van der Waals surface area contributed by atoms with E-state index in [0.29, 0.717) is 0 Å². The molecule has 1 unspecified atom stereocenters. The Bertz CT molecular complexity index is 351. The van der Waals surface area contributed by atoms with Crippen molar-refractivity contribution in [2.45, 2.75) is 32.2 Å². The van der Waals surface area contributed by atoms with Gasteiger partial charge in [0.15, 0.2) is 0 Å². The van der Waals surface area contributed by atoms with Crippen molar-refractivity contribution >= 4 is 6.41 Å². The van der Waals surface area contributed by atoms with Gasteiger partial charge in [0.2, 0.25) is 0 Å². The Kier molecular flexibility index (Phi) is 2.99. The highest BCUT2D eigenvalue weighted by molar-refractivity contribution is 5.50. The van der Waals surface area contributed by atoms with Crippen molar-refractivity contribution < 1.29 is 4.79 Å². The fraction of sp³-hybridized carbons (Fsp3) is 0.500. The molecule has 1 aliphatic rings. The van der Waals surface area contributed by atoms with E-state index in [1.54, 1.807) is 11.1 Å². The highest BCUT2D eigenvalue weighted by Gasteiger charge is 2.25. The molecule has 2 heterocycles. The molecule has 1 atom stereocenters. The Labute approximate surface area is 90.1 Å². The van der Waals surface area contributed by atoms with Crippen molar-refractivity contribution in [2.75, 3.05) is 6.54 Å². The van der Waals surface area contributed by atoms with Gasteiger partial charge in [-0.25, -0.2) is 0 Å². The molecule has 0 N–H and O–H groups in total. The number of aromatic nitrogens is 1. The lowest BCUT2D eigenvalue weighted by molar-refractivity contribution is 0.229. The third-order valence-electron chi connectivity index (χ3n) is 2.99. The molecule has 0 bridgehead atoms. The van der Waals surface area contributed by atoms with Crippen LogP contribution in [0.25, 0.3) is 0 Å². The second kappa shape index (κ2) is 4.43. The molecule has 1 aromatic heterocycles. The average Bonchev–Trinajstić information content (AvgIpc) is 2.30. The van der Waals surface area contributed by atoms with E-state index in [4.69, 9.17) is 0 Å². The topological polar surface area (TPSA) is 33.2 Å². The zero-order valence-electron chi connectivity index (χ0n) is 8.94. The molecule has 1 aliphatic heterocycles.